The van der Waals surface area contributed by atoms with Crippen LogP contribution < -0.4 is 4.90 Å². The fraction of sp³-hybridized carbons (Fsp3) is 0.472. The lowest BCUT2D eigenvalue weighted by Crippen LogP contribution is -2.55. The summed E-state index contributed by atoms with van der Waals surface area (Å²) < 4.78 is -1.18. The summed E-state index contributed by atoms with van der Waals surface area (Å²) in [4.78, 5) is 49.3. The maximum atomic E-state index is 14.8. The van der Waals surface area contributed by atoms with E-state index in [0.717, 1.165) is 31.2 Å². The molecule has 3 aliphatic heterocycles. The van der Waals surface area contributed by atoms with Crippen molar-refractivity contribution in [3.8, 4) is 0 Å². The van der Waals surface area contributed by atoms with E-state index in [1.807, 2.05) is 47.4 Å². The zero-order valence-electron chi connectivity index (χ0n) is 26.1. The number of amides is 3. The summed E-state index contributed by atoms with van der Waals surface area (Å²) >= 11 is 7.87. The second-order valence-corrected chi connectivity index (χ2v) is 14.9. The Labute approximate surface area is 276 Å². The van der Waals surface area contributed by atoms with Crippen LogP contribution in [-0.4, -0.2) is 74.4 Å². The maximum Gasteiger partial charge on any atom is 0.251 e. The zero-order chi connectivity index (χ0) is 32.2. The Kier molecular flexibility index (Phi) is 10.5. The molecule has 5 atom stereocenters. The largest absolute Gasteiger partial charge is 0.396 e. The first kappa shape index (κ1) is 33.3. The van der Waals surface area contributed by atoms with Crippen LogP contribution >= 0.6 is 23.4 Å². The van der Waals surface area contributed by atoms with Crippen molar-refractivity contribution in [2.75, 3.05) is 31.1 Å². The molecule has 3 fully saturated rings. The molecule has 2 unspecified atom stereocenters. The number of benzene rings is 2. The van der Waals surface area contributed by atoms with E-state index in [-0.39, 0.29) is 30.9 Å². The Hall–Kier alpha value is -3.07. The highest BCUT2D eigenvalue weighted by atomic mass is 35.5. The summed E-state index contributed by atoms with van der Waals surface area (Å²) in [6.45, 7) is 11.6. The van der Waals surface area contributed by atoms with Gasteiger partial charge in [0, 0.05) is 48.2 Å². The Morgan fingerprint density at radius 1 is 1.00 bits per heavy atom. The molecule has 2 bridgehead atoms. The monoisotopic (exact) mass is 649 g/mol. The number of hydrogen-bond acceptors (Lipinski definition) is 5. The lowest BCUT2D eigenvalue weighted by molar-refractivity contribution is -0.145. The van der Waals surface area contributed by atoms with Gasteiger partial charge in [0.2, 0.25) is 11.8 Å². The smallest absolute Gasteiger partial charge is 0.251 e. The summed E-state index contributed by atoms with van der Waals surface area (Å²) in [5.41, 5.74) is 1.71. The molecule has 1 spiro atoms. The fourth-order valence-corrected chi connectivity index (χ4v) is 10.1. The first-order chi connectivity index (χ1) is 21.7. The van der Waals surface area contributed by atoms with Crippen molar-refractivity contribution in [2.45, 2.75) is 67.5 Å². The van der Waals surface area contributed by atoms with E-state index in [0.29, 0.717) is 43.2 Å². The van der Waals surface area contributed by atoms with Crippen molar-refractivity contribution >= 4 is 46.8 Å². The summed E-state index contributed by atoms with van der Waals surface area (Å²) in [6.07, 6.45) is 7.99. The van der Waals surface area contributed by atoms with Gasteiger partial charge >= 0.3 is 0 Å². The minimum atomic E-state index is -0.715. The van der Waals surface area contributed by atoms with Crippen LogP contribution in [0, 0.1) is 11.8 Å². The highest BCUT2D eigenvalue weighted by Crippen LogP contribution is 2.71. The summed E-state index contributed by atoms with van der Waals surface area (Å²) in [5.74, 6) is -1.45. The number of likely N-dealkylation sites (tertiary alicyclic amines) is 1. The zero-order valence-corrected chi connectivity index (χ0v) is 27.6. The van der Waals surface area contributed by atoms with E-state index in [1.165, 1.54) is 0 Å². The van der Waals surface area contributed by atoms with Crippen LogP contribution in [0.3, 0.4) is 0 Å². The predicted molar refractivity (Wildman–Crippen MR) is 182 cm³/mol. The second kappa shape index (κ2) is 14.1. The van der Waals surface area contributed by atoms with Crippen LogP contribution in [0.4, 0.5) is 5.69 Å². The van der Waals surface area contributed by atoms with Gasteiger partial charge in [-0.15, -0.1) is 24.9 Å². The predicted octanol–water partition coefficient (Wildman–Crippen LogP) is 6.11. The van der Waals surface area contributed by atoms with E-state index in [1.54, 1.807) is 45.8 Å². The normalized spacial score (nSPS) is 26.5. The molecule has 2 aromatic rings. The van der Waals surface area contributed by atoms with Crippen LogP contribution in [0.25, 0.3) is 0 Å². The number of anilines is 1. The number of unbranched alkanes of at least 4 members (excludes halogenated alkanes) is 3. The number of carbonyl (C=O) groups is 3. The first-order valence-corrected chi connectivity index (χ1v) is 17.1. The standard InChI is InChI=1S/C36H44ClN3O4S/c1-4-21-38(25-26-13-9-8-10-14-26)32(42)29-30-33(43)40(23-11-6-7-12-24-41)31(36(30)20-19-35(29,3)45-36)34(44)39(22-5-2)28-17-15-27(37)16-18-28/h4-5,8-10,13-18,29-31,41H,1-2,6-7,11-12,19-25H2,3H3/t29-,30-,31?,35+,36?/m0/s1. The average molecular weight is 650 g/mol. The molecule has 0 aliphatic carbocycles. The lowest BCUT2D eigenvalue weighted by atomic mass is 9.66. The van der Waals surface area contributed by atoms with Crippen LogP contribution in [0.5, 0.6) is 0 Å². The molecule has 0 aromatic heterocycles. The molecule has 3 saturated heterocycles. The molecule has 7 nitrogen and oxygen atoms in total. The molecule has 9 heteroatoms. The Balaban J connectivity index is 1.52. The van der Waals surface area contributed by atoms with E-state index in [9.17, 15) is 19.5 Å². The van der Waals surface area contributed by atoms with E-state index >= 15 is 0 Å². The SMILES string of the molecule is C=CCN(Cc1ccccc1)C(=O)[C@@H]1[C@H]2C(=O)N(CCCCCCO)C(C(=O)N(CC=C)c3ccc(Cl)cc3)C23CC[C@@]1(C)S3. The van der Waals surface area contributed by atoms with Crippen LogP contribution in [-0.2, 0) is 20.9 Å². The number of aliphatic hydroxyl groups is 1. The number of halogens is 1. The van der Waals surface area contributed by atoms with E-state index in [4.69, 9.17) is 11.6 Å². The number of thioether (sulfide) groups is 1. The van der Waals surface area contributed by atoms with Crippen molar-refractivity contribution < 1.29 is 19.5 Å². The maximum absolute atomic E-state index is 14.8. The van der Waals surface area contributed by atoms with Crippen molar-refractivity contribution in [3.05, 3.63) is 90.5 Å². The number of nitrogens with zero attached hydrogens (tertiary/aromatic N) is 3. The molecule has 45 heavy (non-hydrogen) atoms. The third kappa shape index (κ3) is 6.34. The Morgan fingerprint density at radius 2 is 1.69 bits per heavy atom. The number of carbonyl (C=O) groups excluding carboxylic acids is 3. The quantitative estimate of drug-likeness (QED) is 0.186. The van der Waals surface area contributed by atoms with E-state index < -0.39 is 27.4 Å². The summed E-state index contributed by atoms with van der Waals surface area (Å²) in [7, 11) is 0. The van der Waals surface area contributed by atoms with Gasteiger partial charge in [-0.2, -0.15) is 0 Å². The van der Waals surface area contributed by atoms with Crippen LogP contribution in [0.1, 0.15) is 51.0 Å². The van der Waals surface area contributed by atoms with Gasteiger partial charge in [-0.3, -0.25) is 14.4 Å². The van der Waals surface area contributed by atoms with Crippen molar-refractivity contribution in [1.82, 2.24) is 9.80 Å². The van der Waals surface area contributed by atoms with Crippen molar-refractivity contribution in [2.24, 2.45) is 11.8 Å². The van der Waals surface area contributed by atoms with E-state index in [2.05, 4.69) is 20.1 Å². The van der Waals surface area contributed by atoms with Gasteiger partial charge in [0.15, 0.2) is 0 Å². The molecular formula is C36H44ClN3O4S. The van der Waals surface area contributed by atoms with Gasteiger partial charge in [-0.05, 0) is 62.4 Å². The highest BCUT2D eigenvalue weighted by molar-refractivity contribution is 8.02. The van der Waals surface area contributed by atoms with Gasteiger partial charge in [-0.25, -0.2) is 0 Å². The van der Waals surface area contributed by atoms with Gasteiger partial charge in [0.25, 0.3) is 5.91 Å². The molecule has 0 radical (unpaired) electrons. The number of rotatable bonds is 15. The fourth-order valence-electron chi connectivity index (χ4n) is 7.68. The molecule has 2 aromatic carbocycles. The number of aliphatic hydroxyl groups excluding tert-OH is 1. The Morgan fingerprint density at radius 3 is 2.36 bits per heavy atom. The van der Waals surface area contributed by atoms with Gasteiger partial charge in [0.1, 0.15) is 6.04 Å². The van der Waals surface area contributed by atoms with Gasteiger partial charge in [0.05, 0.1) is 16.6 Å². The summed E-state index contributed by atoms with van der Waals surface area (Å²) in [6, 6.07) is 16.3. The number of hydrogen-bond donors (Lipinski definition) is 1. The topological polar surface area (TPSA) is 81.2 Å². The average Bonchev–Trinajstić information content (AvgIpc) is 3.60. The number of fused-ring (bicyclic) bond motifs is 1. The summed E-state index contributed by atoms with van der Waals surface area (Å²) in [5, 5.41) is 9.83. The molecule has 3 heterocycles. The van der Waals surface area contributed by atoms with Gasteiger partial charge in [-0.1, -0.05) is 66.9 Å². The molecule has 1 N–H and O–H groups in total. The first-order valence-electron chi connectivity index (χ1n) is 15.9. The second-order valence-electron chi connectivity index (χ2n) is 12.6. The molecular weight excluding hydrogens is 606 g/mol. The third-order valence-electron chi connectivity index (χ3n) is 9.68. The van der Waals surface area contributed by atoms with Crippen LogP contribution in [0.15, 0.2) is 79.9 Å². The third-order valence-corrected chi connectivity index (χ3v) is 11.9. The Bertz CT molecular complexity index is 1400. The minimum Gasteiger partial charge on any atom is -0.396 e. The highest BCUT2D eigenvalue weighted by Gasteiger charge is 2.77. The molecule has 3 aliphatic rings. The van der Waals surface area contributed by atoms with Crippen molar-refractivity contribution in [3.63, 3.8) is 0 Å². The molecule has 240 valence electrons. The van der Waals surface area contributed by atoms with Crippen LogP contribution in [0.2, 0.25) is 5.02 Å². The van der Waals surface area contributed by atoms with Crippen molar-refractivity contribution in [1.29, 1.82) is 0 Å². The molecule has 0 saturated carbocycles. The van der Waals surface area contributed by atoms with Gasteiger partial charge < -0.3 is 19.8 Å². The lowest BCUT2D eigenvalue weighted by Gasteiger charge is -2.38. The molecule has 5 rings (SSSR count). The minimum absolute atomic E-state index is 0.0506. The molecule has 3 amide bonds.